The van der Waals surface area contributed by atoms with E-state index in [0.717, 1.165) is 95.6 Å². The van der Waals surface area contributed by atoms with Crippen molar-refractivity contribution in [1.29, 1.82) is 0 Å². The Morgan fingerprint density at radius 3 is 1.22 bits per heavy atom. The molecule has 0 aromatic rings. The van der Waals surface area contributed by atoms with Gasteiger partial charge < -0.3 is 33.6 Å². The number of carbonyl (C=O) groups is 5. The normalized spacial score (nSPS) is 49.5. The molecular formula is C70H113NO12. The van der Waals surface area contributed by atoms with Crippen LogP contribution in [0.1, 0.15) is 268 Å². The Bertz CT molecular complexity index is 2680. The first kappa shape index (κ1) is 64.4. The molecule has 12 rings (SSSR count). The van der Waals surface area contributed by atoms with E-state index in [4.69, 9.17) is 28.4 Å². The first-order chi connectivity index (χ1) is 37.3. The summed E-state index contributed by atoms with van der Waals surface area (Å²) < 4.78 is 37.9. The molecule has 6 unspecified atom stereocenters. The zero-order chi connectivity index (χ0) is 59.3. The zero-order valence-corrected chi connectivity index (χ0v) is 53.3. The summed E-state index contributed by atoms with van der Waals surface area (Å²) in [4.78, 5) is 61.8. The van der Waals surface area contributed by atoms with Crippen LogP contribution >= 0.6 is 0 Å². The van der Waals surface area contributed by atoms with Crippen molar-refractivity contribution in [2.45, 2.75) is 315 Å². The third-order valence-corrected chi connectivity index (χ3v) is 28.7. The van der Waals surface area contributed by atoms with Gasteiger partial charge in [0.15, 0.2) is 0 Å². The minimum Gasteiger partial charge on any atom is -0.462 e. The fourth-order valence-corrected chi connectivity index (χ4v) is 25.4. The molecule has 12 fully saturated rings. The lowest BCUT2D eigenvalue weighted by Crippen LogP contribution is -2.59. The van der Waals surface area contributed by atoms with Gasteiger partial charge in [-0.25, -0.2) is 0 Å². The highest BCUT2D eigenvalue weighted by Gasteiger charge is 2.86. The van der Waals surface area contributed by atoms with Gasteiger partial charge in [-0.3, -0.25) is 24.0 Å². The second-order valence-electron chi connectivity index (χ2n) is 33.4. The smallest absolute Gasteiger partial charge is 0.303 e. The molecular weight excluding hydrogens is 1050 g/mol. The van der Waals surface area contributed by atoms with E-state index < -0.39 is 22.4 Å². The maximum atomic E-state index is 13.0. The van der Waals surface area contributed by atoms with Crippen molar-refractivity contribution in [3.63, 3.8) is 0 Å². The second kappa shape index (κ2) is 19.7. The van der Waals surface area contributed by atoms with Gasteiger partial charge in [0.1, 0.15) is 29.2 Å². The third kappa shape index (κ3) is 8.61. The fraction of sp³-hybridized carbons (Fsp3) is 0.914. The summed E-state index contributed by atoms with van der Waals surface area (Å²) >= 11 is 0. The summed E-state index contributed by atoms with van der Waals surface area (Å²) in [6.45, 7) is 37.3. The van der Waals surface area contributed by atoms with E-state index in [1.54, 1.807) is 6.92 Å². The fourth-order valence-electron chi connectivity index (χ4n) is 25.4. The molecule has 13 nitrogen and oxygen atoms in total. The number of Topliss-reactive ketones (excluding diaryl/α,β-unsaturated/α-hetero) is 1. The molecule has 83 heavy (non-hydrogen) atoms. The van der Waals surface area contributed by atoms with Crippen LogP contribution in [0.15, 0.2) is 5.16 Å². The molecule has 0 bridgehead atoms. The van der Waals surface area contributed by atoms with Gasteiger partial charge in [-0.15, -0.1) is 0 Å². The predicted molar refractivity (Wildman–Crippen MR) is 320 cm³/mol. The summed E-state index contributed by atoms with van der Waals surface area (Å²) in [7, 11) is 0. The SMILES string of the molecule is C.C.CC(=O)O[C@H]1C[C@@]2(C)C3CCC4C(C)(C)/C(=N/O)CC[C@@]45C[C@@]35CC[C@]2(C)C1[C@]1(C)CC[C@H](C(C)(C)OC(C)=O)O1.CC(=O)O[C@H]1C[C@@]2(C)C3CCC4C(C)(C)C(=O)CC[C@@]45C[C@@]35CC[C@]2(C)C1[C@]1(C)CC[C@H](C(C)(C)OC(C)=O)O1. The Labute approximate surface area is 500 Å². The maximum Gasteiger partial charge on any atom is 0.303 e. The third-order valence-electron chi connectivity index (χ3n) is 28.7. The van der Waals surface area contributed by atoms with Crippen LogP contribution in [-0.4, -0.2) is 87.4 Å². The van der Waals surface area contributed by atoms with Gasteiger partial charge in [-0.2, -0.15) is 0 Å². The van der Waals surface area contributed by atoms with E-state index in [1.807, 2.05) is 27.7 Å². The molecule has 0 aromatic heterocycles. The minimum absolute atomic E-state index is 0. The topological polar surface area (TPSA) is 173 Å². The minimum atomic E-state index is -0.719. The first-order valence-electron chi connectivity index (χ1n) is 32.2. The molecule has 0 aromatic carbocycles. The number of nitrogens with zero attached hydrogens (tertiary/aromatic N) is 1. The summed E-state index contributed by atoms with van der Waals surface area (Å²) in [6, 6.07) is 0. The molecule has 0 amide bonds. The quantitative estimate of drug-likeness (QED) is 0.106. The van der Waals surface area contributed by atoms with Crippen molar-refractivity contribution in [3.8, 4) is 0 Å². The molecule has 470 valence electrons. The van der Waals surface area contributed by atoms with E-state index in [9.17, 15) is 29.2 Å². The molecule has 4 spiro atoms. The van der Waals surface area contributed by atoms with Gasteiger partial charge in [-0.05, 0) is 231 Å². The largest absolute Gasteiger partial charge is 0.462 e. The van der Waals surface area contributed by atoms with Crippen LogP contribution in [-0.2, 0) is 52.4 Å². The molecule has 0 radical (unpaired) electrons. The standard InChI is InChI=1S/C34H53NO6.C34H52O6.2CH4/c1-20(36)39-22-18-31(8)24-11-10-23-28(3,4)25(35-38)12-15-33(23)19-34(24,33)17-16-30(31,7)27(22)32(9)14-13-26(41-32)29(5,6)40-21(2)37;1-20(35)38-22-18-31(8)24-11-10-23-28(3,4)25(37)12-15-33(23)19-34(24,33)17-16-30(31,7)27(22)32(9)14-13-26(40-32)29(5,6)39-21(2)36;;/h22-24,26-27,38H,10-19H2,1-9H3;22-24,26-27H,10-19H2,1-9H3;2*1H4/b35-25+;;;/t2*22-,23?,24?,26+,27?,30+,31-,32-,33+,34-;;/m00../s1. The summed E-state index contributed by atoms with van der Waals surface area (Å²) in [5.41, 5.74) is -0.467. The Balaban J connectivity index is 0.000000195. The molecule has 13 heteroatoms. The Morgan fingerprint density at radius 2 is 0.843 bits per heavy atom. The van der Waals surface area contributed by atoms with Crippen molar-refractivity contribution >= 4 is 35.4 Å². The molecule has 20 atom stereocenters. The summed E-state index contributed by atoms with van der Waals surface area (Å²) in [5.74, 6) is 1.79. The highest BCUT2D eigenvalue weighted by molar-refractivity contribution is 5.91. The number of ketones is 1. The average molecular weight is 1160 g/mol. The molecule has 10 saturated carbocycles. The van der Waals surface area contributed by atoms with Gasteiger partial charge in [-0.1, -0.05) is 75.4 Å². The summed E-state index contributed by atoms with van der Waals surface area (Å²) in [6.07, 6.45) is 19.9. The number of rotatable bonds is 8. The van der Waals surface area contributed by atoms with Crippen LogP contribution in [0.5, 0.6) is 0 Å². The van der Waals surface area contributed by atoms with Gasteiger partial charge in [0, 0.05) is 56.8 Å². The van der Waals surface area contributed by atoms with Gasteiger partial charge >= 0.3 is 23.9 Å². The lowest BCUT2D eigenvalue weighted by Gasteiger charge is -2.63. The van der Waals surface area contributed by atoms with Crippen LogP contribution < -0.4 is 0 Å². The number of carbonyl (C=O) groups excluding carboxylic acids is 5. The molecule has 2 aliphatic heterocycles. The van der Waals surface area contributed by atoms with Crippen molar-refractivity contribution in [2.75, 3.05) is 0 Å². The van der Waals surface area contributed by atoms with Crippen LogP contribution in [0.4, 0.5) is 0 Å². The highest BCUT2D eigenvalue weighted by atomic mass is 16.6. The number of hydrogen-bond donors (Lipinski definition) is 1. The molecule has 12 aliphatic rings. The van der Waals surface area contributed by atoms with Crippen molar-refractivity contribution in [1.82, 2.24) is 0 Å². The Kier molecular flexibility index (Phi) is 15.3. The van der Waals surface area contributed by atoms with Crippen LogP contribution in [0.25, 0.3) is 0 Å². The van der Waals surface area contributed by atoms with Crippen molar-refractivity contribution in [3.05, 3.63) is 0 Å². The number of esters is 4. The zero-order valence-electron chi connectivity index (χ0n) is 53.3. The van der Waals surface area contributed by atoms with E-state index in [1.165, 1.54) is 59.3 Å². The molecule has 2 heterocycles. The number of ether oxygens (including phenoxy) is 6. The van der Waals surface area contributed by atoms with Gasteiger partial charge in [0.25, 0.3) is 0 Å². The first-order valence-corrected chi connectivity index (χ1v) is 32.2. The van der Waals surface area contributed by atoms with Crippen molar-refractivity contribution in [2.24, 2.45) is 94.8 Å². The lowest BCUT2D eigenvalue weighted by atomic mass is 9.41. The maximum absolute atomic E-state index is 13.0. The van der Waals surface area contributed by atoms with Gasteiger partial charge in [0.2, 0.25) is 0 Å². The lowest BCUT2D eigenvalue weighted by molar-refractivity contribution is -0.204. The van der Waals surface area contributed by atoms with Crippen LogP contribution in [0.3, 0.4) is 0 Å². The summed E-state index contributed by atoms with van der Waals surface area (Å²) in [5, 5.41) is 13.6. The molecule has 1 N–H and O–H groups in total. The Hall–Kier alpha value is -3.06. The highest BCUT2D eigenvalue weighted by Crippen LogP contribution is 2.91. The molecule has 2 saturated heterocycles. The number of hydrogen-bond acceptors (Lipinski definition) is 13. The number of fused-ring (bicyclic) bond motifs is 4. The average Bonchev–Trinajstić information content (AvgIpc) is 1.49. The van der Waals surface area contributed by atoms with Gasteiger partial charge in [0.05, 0.1) is 29.1 Å². The van der Waals surface area contributed by atoms with E-state index in [0.29, 0.717) is 51.1 Å². The molecule has 10 aliphatic carbocycles. The second-order valence-corrected chi connectivity index (χ2v) is 33.4. The van der Waals surface area contributed by atoms with E-state index in [2.05, 4.69) is 74.4 Å². The monoisotopic (exact) mass is 1160 g/mol. The van der Waals surface area contributed by atoms with Crippen LogP contribution in [0.2, 0.25) is 0 Å². The van der Waals surface area contributed by atoms with E-state index in [-0.39, 0.29) is 107 Å². The van der Waals surface area contributed by atoms with E-state index >= 15 is 0 Å². The van der Waals surface area contributed by atoms with Crippen LogP contribution in [0, 0.1) is 89.7 Å². The number of oxime groups is 1. The van der Waals surface area contributed by atoms with Crippen molar-refractivity contribution < 1.29 is 57.6 Å². The predicted octanol–water partition coefficient (Wildman–Crippen LogP) is 15.2. The Morgan fingerprint density at radius 1 is 0.482 bits per heavy atom.